The van der Waals surface area contributed by atoms with Gasteiger partial charge in [0.15, 0.2) is 11.5 Å². The molecule has 0 fully saturated rings. The molecule has 0 aliphatic rings. The SMILES string of the molecule is C=O.CCC(C)c1nc(CCCOc2ccccc2O)nc2ccccc12.CCCCNC.CNC. The average Bonchev–Trinajstić information content (AvgIpc) is 2.92. The summed E-state index contributed by atoms with van der Waals surface area (Å²) in [4.78, 5) is 17.5. The number of para-hydroxylation sites is 3. The van der Waals surface area contributed by atoms with Crippen LogP contribution in [0.25, 0.3) is 10.9 Å². The van der Waals surface area contributed by atoms with Crippen molar-refractivity contribution in [2.75, 3.05) is 34.3 Å². The normalized spacial score (nSPS) is 10.6. The number of hydrogen-bond acceptors (Lipinski definition) is 7. The van der Waals surface area contributed by atoms with E-state index < -0.39 is 0 Å². The average molecular weight is 499 g/mol. The number of benzene rings is 2. The maximum Gasteiger partial charge on any atom is 0.160 e. The minimum Gasteiger partial charge on any atom is -0.504 e. The van der Waals surface area contributed by atoms with Gasteiger partial charge < -0.3 is 25.3 Å². The molecule has 0 saturated carbocycles. The summed E-state index contributed by atoms with van der Waals surface area (Å²) in [5.74, 6) is 1.95. The summed E-state index contributed by atoms with van der Waals surface area (Å²) < 4.78 is 5.64. The number of nitrogens with one attached hydrogen (secondary N) is 2. The van der Waals surface area contributed by atoms with E-state index in [1.165, 1.54) is 12.8 Å². The van der Waals surface area contributed by atoms with Crippen molar-refractivity contribution in [1.82, 2.24) is 20.6 Å². The number of ether oxygens (including phenoxy) is 1. The fourth-order valence-corrected chi connectivity index (χ4v) is 3.18. The standard InChI is InChI=1S/C21H24N2O2.C5H13N.C2H7N.CH2O/c1-3-15(2)21-16-9-4-5-10-17(16)22-20(23-21)13-8-14-25-19-12-7-6-11-18(19)24;1-3-4-5-6-2;1-3-2;1-2/h4-7,9-12,15,24H,3,8,13-14H2,1-2H3;6H,3-5H2,1-2H3;3H,1-2H3;1H2. The highest BCUT2D eigenvalue weighted by Gasteiger charge is 2.12. The van der Waals surface area contributed by atoms with Crippen LogP contribution in [0.15, 0.2) is 48.5 Å². The minimum atomic E-state index is 0.170. The van der Waals surface area contributed by atoms with Crippen molar-refractivity contribution < 1.29 is 14.6 Å². The van der Waals surface area contributed by atoms with Crippen molar-refractivity contribution in [3.05, 3.63) is 60.0 Å². The molecule has 1 heterocycles. The lowest BCUT2D eigenvalue weighted by Crippen LogP contribution is -2.06. The van der Waals surface area contributed by atoms with E-state index in [1.807, 2.05) is 52.2 Å². The van der Waals surface area contributed by atoms with Gasteiger partial charge in [-0.3, -0.25) is 0 Å². The summed E-state index contributed by atoms with van der Waals surface area (Å²) in [6.45, 7) is 10.3. The van der Waals surface area contributed by atoms with Gasteiger partial charge in [0.1, 0.15) is 12.6 Å². The summed E-state index contributed by atoms with van der Waals surface area (Å²) in [5, 5.41) is 16.7. The van der Waals surface area contributed by atoms with Crippen LogP contribution in [0.1, 0.15) is 63.9 Å². The van der Waals surface area contributed by atoms with Gasteiger partial charge in [0.2, 0.25) is 0 Å². The van der Waals surface area contributed by atoms with E-state index in [4.69, 9.17) is 19.5 Å². The van der Waals surface area contributed by atoms with Crippen LogP contribution in [0.3, 0.4) is 0 Å². The second-order valence-electron chi connectivity index (χ2n) is 8.23. The smallest absolute Gasteiger partial charge is 0.160 e. The fraction of sp³-hybridized carbons (Fsp3) is 0.483. The second kappa shape index (κ2) is 21.3. The first kappa shape index (κ1) is 33.0. The zero-order chi connectivity index (χ0) is 27.2. The van der Waals surface area contributed by atoms with Crippen LogP contribution in [0, 0.1) is 0 Å². The Bertz CT molecular complexity index is 949. The van der Waals surface area contributed by atoms with Gasteiger partial charge in [-0.15, -0.1) is 0 Å². The Hall–Kier alpha value is -3.03. The van der Waals surface area contributed by atoms with E-state index in [0.29, 0.717) is 18.3 Å². The van der Waals surface area contributed by atoms with Crippen molar-refractivity contribution in [3.8, 4) is 11.5 Å². The molecule has 0 radical (unpaired) electrons. The van der Waals surface area contributed by atoms with E-state index in [2.05, 4.69) is 37.5 Å². The lowest BCUT2D eigenvalue weighted by Gasteiger charge is -2.13. The Kier molecular flexibility index (Phi) is 19.5. The number of aromatic nitrogens is 2. The van der Waals surface area contributed by atoms with Crippen LogP contribution in [-0.4, -0.2) is 56.2 Å². The molecule has 7 nitrogen and oxygen atoms in total. The number of carbonyl (C=O) groups excluding carboxylic acids is 1. The third-order valence-corrected chi connectivity index (χ3v) is 5.21. The van der Waals surface area contributed by atoms with Gasteiger partial charge in [0.05, 0.1) is 17.8 Å². The van der Waals surface area contributed by atoms with Crippen LogP contribution in [-0.2, 0) is 11.2 Å². The van der Waals surface area contributed by atoms with E-state index in [-0.39, 0.29) is 5.75 Å². The Labute approximate surface area is 217 Å². The molecule has 1 aromatic heterocycles. The first-order chi connectivity index (χ1) is 17.5. The molecule has 0 aliphatic heterocycles. The summed E-state index contributed by atoms with van der Waals surface area (Å²) in [5.41, 5.74) is 2.13. The summed E-state index contributed by atoms with van der Waals surface area (Å²) >= 11 is 0. The number of unbranched alkanes of at least 4 members (excludes halogenated alkanes) is 1. The molecule has 1 unspecified atom stereocenters. The molecule has 0 bridgehead atoms. The molecular formula is C29H46N4O3. The summed E-state index contributed by atoms with van der Waals surface area (Å²) in [6, 6.07) is 15.2. The molecule has 3 aromatic rings. The van der Waals surface area contributed by atoms with Crippen molar-refractivity contribution in [3.63, 3.8) is 0 Å². The largest absolute Gasteiger partial charge is 0.504 e. The Morgan fingerprint density at radius 3 is 2.19 bits per heavy atom. The fourth-order valence-electron chi connectivity index (χ4n) is 3.18. The van der Waals surface area contributed by atoms with Gasteiger partial charge in [-0.25, -0.2) is 9.97 Å². The quantitative estimate of drug-likeness (QED) is 0.317. The van der Waals surface area contributed by atoms with E-state index in [1.54, 1.807) is 18.2 Å². The maximum atomic E-state index is 9.72. The van der Waals surface area contributed by atoms with Crippen LogP contribution < -0.4 is 15.4 Å². The van der Waals surface area contributed by atoms with Crippen LogP contribution in [0.2, 0.25) is 0 Å². The van der Waals surface area contributed by atoms with Gasteiger partial charge in [-0.05, 0) is 71.1 Å². The molecule has 2 aromatic carbocycles. The van der Waals surface area contributed by atoms with Gasteiger partial charge in [0.25, 0.3) is 0 Å². The van der Waals surface area contributed by atoms with E-state index >= 15 is 0 Å². The highest BCUT2D eigenvalue weighted by atomic mass is 16.5. The molecule has 200 valence electrons. The Balaban J connectivity index is 0.000000949. The monoisotopic (exact) mass is 498 g/mol. The number of nitrogens with zero attached hydrogens (tertiary/aromatic N) is 2. The van der Waals surface area contributed by atoms with E-state index in [9.17, 15) is 5.11 Å². The number of phenols is 1. The molecule has 3 rings (SSSR count). The number of aromatic hydroxyl groups is 1. The van der Waals surface area contributed by atoms with Crippen LogP contribution in [0.4, 0.5) is 0 Å². The van der Waals surface area contributed by atoms with Crippen molar-refractivity contribution in [2.24, 2.45) is 0 Å². The van der Waals surface area contributed by atoms with Crippen molar-refractivity contribution in [1.29, 1.82) is 0 Å². The van der Waals surface area contributed by atoms with E-state index in [0.717, 1.165) is 48.2 Å². The highest BCUT2D eigenvalue weighted by Crippen LogP contribution is 2.26. The molecule has 3 N–H and O–H groups in total. The van der Waals surface area contributed by atoms with Gasteiger partial charge >= 0.3 is 0 Å². The molecule has 36 heavy (non-hydrogen) atoms. The first-order valence-electron chi connectivity index (χ1n) is 12.7. The lowest BCUT2D eigenvalue weighted by molar-refractivity contribution is -0.0980. The Morgan fingerprint density at radius 2 is 1.61 bits per heavy atom. The minimum absolute atomic E-state index is 0.170. The number of phenolic OH excluding ortho intramolecular Hbond substituents is 1. The number of fused-ring (bicyclic) bond motifs is 1. The summed E-state index contributed by atoms with van der Waals surface area (Å²) in [7, 11) is 5.73. The van der Waals surface area contributed by atoms with Crippen molar-refractivity contribution in [2.45, 2.75) is 58.8 Å². The number of hydrogen-bond donors (Lipinski definition) is 3. The summed E-state index contributed by atoms with van der Waals surface area (Å²) in [6.07, 6.45) is 5.20. The second-order valence-corrected chi connectivity index (χ2v) is 8.23. The number of aryl methyl sites for hydroxylation is 1. The molecule has 0 aliphatic carbocycles. The first-order valence-corrected chi connectivity index (χ1v) is 12.7. The van der Waals surface area contributed by atoms with Gasteiger partial charge in [-0.2, -0.15) is 0 Å². The van der Waals surface area contributed by atoms with Crippen molar-refractivity contribution >= 4 is 17.7 Å². The number of carbonyl (C=O) groups is 1. The predicted molar refractivity (Wildman–Crippen MR) is 151 cm³/mol. The molecule has 0 saturated heterocycles. The van der Waals surface area contributed by atoms with Crippen LogP contribution >= 0.6 is 0 Å². The molecule has 1 atom stereocenters. The highest BCUT2D eigenvalue weighted by molar-refractivity contribution is 5.81. The topological polar surface area (TPSA) is 96.4 Å². The van der Waals surface area contributed by atoms with Crippen LogP contribution in [0.5, 0.6) is 11.5 Å². The Morgan fingerprint density at radius 1 is 0.972 bits per heavy atom. The zero-order valence-electron chi connectivity index (χ0n) is 23.0. The predicted octanol–water partition coefficient (Wildman–Crippen LogP) is 5.52. The zero-order valence-corrected chi connectivity index (χ0v) is 23.0. The lowest BCUT2D eigenvalue weighted by atomic mass is 10.00. The molecular weight excluding hydrogens is 452 g/mol. The number of rotatable bonds is 10. The third-order valence-electron chi connectivity index (χ3n) is 5.21. The molecule has 7 heteroatoms. The molecule has 0 spiro atoms. The maximum absolute atomic E-state index is 9.72. The van der Waals surface area contributed by atoms with Gasteiger partial charge in [-0.1, -0.05) is 57.5 Å². The van der Waals surface area contributed by atoms with Gasteiger partial charge in [0, 0.05) is 11.8 Å². The third kappa shape index (κ3) is 12.6. The molecule has 0 amide bonds.